The normalized spacial score (nSPS) is 17.4. The Kier molecular flexibility index (Phi) is 4.74. The van der Waals surface area contributed by atoms with Crippen LogP contribution >= 0.6 is 23.2 Å². The van der Waals surface area contributed by atoms with Gasteiger partial charge in [-0.3, -0.25) is 0 Å². The van der Waals surface area contributed by atoms with E-state index in [1.54, 1.807) is 6.07 Å². The van der Waals surface area contributed by atoms with E-state index in [4.69, 9.17) is 23.2 Å². The number of sulfone groups is 1. The van der Waals surface area contributed by atoms with E-state index in [2.05, 4.69) is 5.32 Å². The van der Waals surface area contributed by atoms with Gasteiger partial charge in [-0.05, 0) is 25.0 Å². The molecule has 4 nitrogen and oxygen atoms in total. The van der Waals surface area contributed by atoms with Crippen LogP contribution in [0.4, 0.5) is 0 Å². The Morgan fingerprint density at radius 1 is 1.32 bits per heavy atom. The minimum Gasteiger partial charge on any atom is -0.391 e. The smallest absolute Gasteiger partial charge is 0.183 e. The van der Waals surface area contributed by atoms with Gasteiger partial charge in [0.05, 0.1) is 21.9 Å². The zero-order chi connectivity index (χ0) is 14.0. The van der Waals surface area contributed by atoms with Crippen molar-refractivity contribution >= 4 is 33.0 Å². The summed E-state index contributed by atoms with van der Waals surface area (Å²) < 4.78 is 24.4. The molecule has 7 heteroatoms. The molecule has 1 aromatic carbocycles. The monoisotopic (exact) mass is 323 g/mol. The van der Waals surface area contributed by atoms with E-state index >= 15 is 0 Å². The highest BCUT2D eigenvalue weighted by Gasteiger charge is 2.27. The molecule has 0 amide bonds. The van der Waals surface area contributed by atoms with Crippen molar-refractivity contribution in [1.82, 2.24) is 5.32 Å². The molecule has 0 spiro atoms. The summed E-state index contributed by atoms with van der Waals surface area (Å²) >= 11 is 11.7. The summed E-state index contributed by atoms with van der Waals surface area (Å²) in [7, 11) is -3.70. The first-order valence-electron chi connectivity index (χ1n) is 5.98. The van der Waals surface area contributed by atoms with Gasteiger partial charge in [-0.15, -0.1) is 0 Å². The number of aliphatic hydroxyl groups excluding tert-OH is 1. The molecule has 1 aliphatic carbocycles. The predicted octanol–water partition coefficient (Wildman–Crippen LogP) is 1.88. The molecule has 1 saturated carbocycles. The summed E-state index contributed by atoms with van der Waals surface area (Å²) in [5.41, 5.74) is 0. The minimum absolute atomic E-state index is 0.0786. The standard InChI is InChI=1S/C12H15Cl2NO3S/c13-10-2-1-3-11(14)12(10)19(17,18)7-9(16)6-15-8-4-5-8/h1-3,8-9,15-16H,4-7H2. The molecule has 0 bridgehead atoms. The van der Waals surface area contributed by atoms with Crippen molar-refractivity contribution in [3.05, 3.63) is 28.2 Å². The van der Waals surface area contributed by atoms with Gasteiger partial charge in [0, 0.05) is 12.6 Å². The summed E-state index contributed by atoms with van der Waals surface area (Å²) in [5, 5.41) is 13.0. The van der Waals surface area contributed by atoms with Crippen molar-refractivity contribution in [2.24, 2.45) is 0 Å². The second-order valence-electron chi connectivity index (χ2n) is 4.67. The Balaban J connectivity index is 2.08. The summed E-state index contributed by atoms with van der Waals surface area (Å²) in [4.78, 5) is -0.108. The van der Waals surface area contributed by atoms with E-state index in [-0.39, 0.29) is 21.5 Å². The van der Waals surface area contributed by atoms with Crippen molar-refractivity contribution in [1.29, 1.82) is 0 Å². The average Bonchev–Trinajstić information content (AvgIpc) is 3.08. The number of aliphatic hydroxyl groups is 1. The Morgan fingerprint density at radius 2 is 1.89 bits per heavy atom. The molecule has 1 atom stereocenters. The van der Waals surface area contributed by atoms with Gasteiger partial charge >= 0.3 is 0 Å². The van der Waals surface area contributed by atoms with Crippen molar-refractivity contribution in [3.8, 4) is 0 Å². The van der Waals surface area contributed by atoms with Crippen LogP contribution in [0.2, 0.25) is 10.0 Å². The van der Waals surface area contributed by atoms with Crippen molar-refractivity contribution in [2.45, 2.75) is 29.9 Å². The highest BCUT2D eigenvalue weighted by atomic mass is 35.5. The third-order valence-electron chi connectivity index (χ3n) is 2.86. The van der Waals surface area contributed by atoms with Crippen LogP contribution in [-0.4, -0.2) is 38.0 Å². The summed E-state index contributed by atoms with van der Waals surface area (Å²) in [5.74, 6) is -0.393. The second-order valence-corrected chi connectivity index (χ2v) is 7.45. The van der Waals surface area contributed by atoms with Crippen LogP contribution in [0.1, 0.15) is 12.8 Å². The third-order valence-corrected chi connectivity index (χ3v) is 5.60. The molecular formula is C12H15Cl2NO3S. The van der Waals surface area contributed by atoms with Crippen molar-refractivity contribution in [2.75, 3.05) is 12.3 Å². The molecule has 106 valence electrons. The van der Waals surface area contributed by atoms with Crippen molar-refractivity contribution < 1.29 is 13.5 Å². The van der Waals surface area contributed by atoms with E-state index in [1.807, 2.05) is 0 Å². The van der Waals surface area contributed by atoms with E-state index in [0.29, 0.717) is 6.04 Å². The number of hydrogen-bond acceptors (Lipinski definition) is 4. The summed E-state index contributed by atoms with van der Waals surface area (Å²) in [6.07, 6.45) is 1.18. The largest absolute Gasteiger partial charge is 0.391 e. The van der Waals surface area contributed by atoms with E-state index in [9.17, 15) is 13.5 Å². The van der Waals surface area contributed by atoms with Gasteiger partial charge in [0.1, 0.15) is 4.90 Å². The lowest BCUT2D eigenvalue weighted by Gasteiger charge is -2.13. The van der Waals surface area contributed by atoms with Crippen LogP contribution in [-0.2, 0) is 9.84 Å². The maximum Gasteiger partial charge on any atom is 0.183 e. The Morgan fingerprint density at radius 3 is 2.42 bits per heavy atom. The molecule has 2 N–H and O–H groups in total. The fourth-order valence-corrected chi connectivity index (χ4v) is 4.39. The van der Waals surface area contributed by atoms with Crippen molar-refractivity contribution in [3.63, 3.8) is 0 Å². The number of benzene rings is 1. The molecule has 19 heavy (non-hydrogen) atoms. The molecule has 1 fully saturated rings. The number of hydrogen-bond donors (Lipinski definition) is 2. The van der Waals surface area contributed by atoms with Crippen LogP contribution in [0, 0.1) is 0 Å². The molecule has 0 radical (unpaired) electrons. The molecule has 0 heterocycles. The van der Waals surface area contributed by atoms with Gasteiger partial charge in [0.15, 0.2) is 9.84 Å². The molecule has 0 aromatic heterocycles. The Bertz CT molecular complexity index is 538. The van der Waals surface area contributed by atoms with Crippen LogP contribution < -0.4 is 5.32 Å². The fourth-order valence-electron chi connectivity index (χ4n) is 1.77. The van der Waals surface area contributed by atoms with Gasteiger partial charge in [0.25, 0.3) is 0 Å². The molecule has 1 aliphatic rings. The maximum atomic E-state index is 12.2. The average molecular weight is 324 g/mol. The molecule has 0 aliphatic heterocycles. The Hall–Kier alpha value is -0.330. The third kappa shape index (κ3) is 4.07. The zero-order valence-electron chi connectivity index (χ0n) is 10.1. The quantitative estimate of drug-likeness (QED) is 0.838. The van der Waals surface area contributed by atoms with E-state index in [1.165, 1.54) is 12.1 Å². The first-order valence-corrected chi connectivity index (χ1v) is 8.39. The van der Waals surface area contributed by atoms with Crippen LogP contribution in [0.15, 0.2) is 23.1 Å². The second kappa shape index (κ2) is 5.97. The minimum atomic E-state index is -3.70. The topological polar surface area (TPSA) is 66.4 Å². The molecule has 2 rings (SSSR count). The Labute approximate surface area is 122 Å². The predicted molar refractivity (Wildman–Crippen MR) is 75.5 cm³/mol. The number of halogens is 2. The van der Waals surface area contributed by atoms with Crippen LogP contribution in [0.5, 0.6) is 0 Å². The van der Waals surface area contributed by atoms with Gasteiger partial charge < -0.3 is 10.4 Å². The maximum absolute atomic E-state index is 12.2. The summed E-state index contributed by atoms with van der Waals surface area (Å²) in [6, 6.07) is 4.93. The van der Waals surface area contributed by atoms with E-state index < -0.39 is 21.7 Å². The molecule has 0 saturated heterocycles. The highest BCUT2D eigenvalue weighted by Crippen LogP contribution is 2.30. The lowest BCUT2D eigenvalue weighted by atomic mass is 10.4. The van der Waals surface area contributed by atoms with Gasteiger partial charge in [0.2, 0.25) is 0 Å². The fraction of sp³-hybridized carbons (Fsp3) is 0.500. The molecule has 1 aromatic rings. The summed E-state index contributed by atoms with van der Waals surface area (Å²) in [6.45, 7) is 0.256. The first kappa shape index (κ1) is 15.1. The van der Waals surface area contributed by atoms with Crippen LogP contribution in [0.25, 0.3) is 0 Å². The highest BCUT2D eigenvalue weighted by molar-refractivity contribution is 7.91. The number of rotatable bonds is 6. The van der Waals surface area contributed by atoms with Gasteiger partial charge in [-0.2, -0.15) is 0 Å². The first-order chi connectivity index (χ1) is 8.90. The van der Waals surface area contributed by atoms with E-state index in [0.717, 1.165) is 12.8 Å². The number of nitrogens with one attached hydrogen (secondary N) is 1. The van der Waals surface area contributed by atoms with Crippen LogP contribution in [0.3, 0.4) is 0 Å². The lowest BCUT2D eigenvalue weighted by molar-refractivity contribution is 0.193. The van der Waals surface area contributed by atoms with Gasteiger partial charge in [-0.25, -0.2) is 8.42 Å². The SMILES string of the molecule is O=S(=O)(CC(O)CNC1CC1)c1c(Cl)cccc1Cl. The molecular weight excluding hydrogens is 309 g/mol. The zero-order valence-corrected chi connectivity index (χ0v) is 12.5. The van der Waals surface area contributed by atoms with Gasteiger partial charge in [-0.1, -0.05) is 29.3 Å². The lowest BCUT2D eigenvalue weighted by Crippen LogP contribution is -2.33. The molecule has 1 unspecified atom stereocenters.